The average molecular weight is 443 g/mol. The van der Waals surface area contributed by atoms with E-state index in [4.69, 9.17) is 4.74 Å². The minimum Gasteiger partial charge on any atom is -0.465 e. The lowest BCUT2D eigenvalue weighted by atomic mass is 9.94. The molecule has 0 unspecified atom stereocenters. The third kappa shape index (κ3) is 3.86. The highest BCUT2D eigenvalue weighted by Crippen LogP contribution is 2.32. The van der Waals surface area contributed by atoms with Crippen LogP contribution >= 0.6 is 0 Å². The molecule has 0 saturated carbocycles. The molecule has 0 spiro atoms. The molecule has 6 nitrogen and oxygen atoms in total. The van der Waals surface area contributed by atoms with E-state index in [0.717, 1.165) is 28.4 Å². The molecule has 2 amide bonds. The second kappa shape index (κ2) is 8.70. The van der Waals surface area contributed by atoms with E-state index >= 15 is 0 Å². The van der Waals surface area contributed by atoms with Gasteiger partial charge in [0.05, 0.1) is 12.7 Å². The number of methoxy groups -OCH3 is 1. The molecule has 1 fully saturated rings. The van der Waals surface area contributed by atoms with Crippen LogP contribution < -0.4 is 4.90 Å². The number of esters is 1. The predicted molar refractivity (Wildman–Crippen MR) is 126 cm³/mol. The van der Waals surface area contributed by atoms with Gasteiger partial charge in [0, 0.05) is 36.8 Å². The summed E-state index contributed by atoms with van der Waals surface area (Å²) in [4.78, 5) is 42.0. The fourth-order valence-electron chi connectivity index (χ4n) is 5.01. The van der Waals surface area contributed by atoms with E-state index in [-0.39, 0.29) is 23.7 Å². The maximum atomic E-state index is 13.3. The first-order valence-corrected chi connectivity index (χ1v) is 11.4. The molecule has 1 saturated heterocycles. The normalized spacial score (nSPS) is 16.0. The van der Waals surface area contributed by atoms with Crippen LogP contribution in [-0.4, -0.2) is 49.4 Å². The van der Waals surface area contributed by atoms with Gasteiger partial charge in [-0.1, -0.05) is 36.4 Å². The summed E-state index contributed by atoms with van der Waals surface area (Å²) >= 11 is 0. The topological polar surface area (TPSA) is 66.9 Å². The van der Waals surface area contributed by atoms with Crippen LogP contribution in [0, 0.1) is 5.92 Å². The van der Waals surface area contributed by atoms with E-state index in [1.54, 1.807) is 6.07 Å². The standard InChI is InChI=1S/C27H26N2O4/c1-33-27(32)21-9-10-24-20(17-21)13-16-29(24)25(30)19-11-14-28(15-12-19)26(31)23-8-4-6-18-5-2-3-7-22(18)23/h2-10,17,19H,11-16H2,1H3. The van der Waals surface area contributed by atoms with Gasteiger partial charge in [-0.25, -0.2) is 4.79 Å². The Morgan fingerprint density at radius 2 is 1.67 bits per heavy atom. The Morgan fingerprint density at radius 3 is 2.45 bits per heavy atom. The van der Waals surface area contributed by atoms with Crippen molar-refractivity contribution >= 4 is 34.2 Å². The number of fused-ring (bicyclic) bond motifs is 2. The maximum Gasteiger partial charge on any atom is 0.337 e. The fraction of sp³-hybridized carbons (Fsp3) is 0.296. The Bertz CT molecular complexity index is 1240. The number of rotatable bonds is 3. The van der Waals surface area contributed by atoms with Crippen molar-refractivity contribution in [3.05, 3.63) is 77.4 Å². The second-order valence-electron chi connectivity index (χ2n) is 8.67. The first kappa shape index (κ1) is 21.2. The summed E-state index contributed by atoms with van der Waals surface area (Å²) < 4.78 is 4.80. The summed E-state index contributed by atoms with van der Waals surface area (Å²) in [5.41, 5.74) is 3.09. The number of hydrogen-bond acceptors (Lipinski definition) is 4. The predicted octanol–water partition coefficient (Wildman–Crippen LogP) is 4.07. The molecule has 0 aliphatic carbocycles. The van der Waals surface area contributed by atoms with Crippen LogP contribution in [-0.2, 0) is 16.0 Å². The third-order valence-electron chi connectivity index (χ3n) is 6.81. The molecule has 2 aliphatic rings. The SMILES string of the molecule is COC(=O)c1ccc2c(c1)CCN2C(=O)C1CCN(C(=O)c2cccc3ccccc23)CC1. The zero-order valence-corrected chi connectivity index (χ0v) is 18.6. The monoisotopic (exact) mass is 442 g/mol. The summed E-state index contributed by atoms with van der Waals surface area (Å²) in [6, 6.07) is 19.1. The first-order chi connectivity index (χ1) is 16.1. The molecule has 0 radical (unpaired) electrons. The van der Waals surface area contributed by atoms with Gasteiger partial charge < -0.3 is 14.5 Å². The average Bonchev–Trinajstić information content (AvgIpc) is 3.30. The number of likely N-dealkylation sites (tertiary alicyclic amines) is 1. The van der Waals surface area contributed by atoms with Crippen molar-refractivity contribution < 1.29 is 19.1 Å². The molecule has 5 rings (SSSR count). The van der Waals surface area contributed by atoms with E-state index < -0.39 is 0 Å². The summed E-state index contributed by atoms with van der Waals surface area (Å²) in [6.07, 6.45) is 2.03. The molecule has 2 heterocycles. The molecule has 6 heteroatoms. The van der Waals surface area contributed by atoms with Crippen LogP contribution in [0.2, 0.25) is 0 Å². The third-order valence-corrected chi connectivity index (χ3v) is 6.81. The number of carbonyl (C=O) groups excluding carboxylic acids is 3. The highest BCUT2D eigenvalue weighted by atomic mass is 16.5. The first-order valence-electron chi connectivity index (χ1n) is 11.4. The number of benzene rings is 3. The van der Waals surface area contributed by atoms with Crippen molar-refractivity contribution in [1.82, 2.24) is 4.90 Å². The van der Waals surface area contributed by atoms with E-state index in [1.807, 2.05) is 64.4 Å². The number of ether oxygens (including phenoxy) is 1. The van der Waals surface area contributed by atoms with Crippen LogP contribution in [0.3, 0.4) is 0 Å². The van der Waals surface area contributed by atoms with E-state index in [2.05, 4.69) is 0 Å². The number of amides is 2. The van der Waals surface area contributed by atoms with Crippen molar-refractivity contribution in [2.45, 2.75) is 19.3 Å². The Hall–Kier alpha value is -3.67. The smallest absolute Gasteiger partial charge is 0.337 e. The van der Waals surface area contributed by atoms with E-state index in [1.165, 1.54) is 7.11 Å². The van der Waals surface area contributed by atoms with Gasteiger partial charge in [0.2, 0.25) is 5.91 Å². The number of nitrogens with zero attached hydrogens (tertiary/aromatic N) is 2. The van der Waals surface area contributed by atoms with Crippen molar-refractivity contribution in [3.63, 3.8) is 0 Å². The molecule has 168 valence electrons. The van der Waals surface area contributed by atoms with Gasteiger partial charge in [0.25, 0.3) is 5.91 Å². The summed E-state index contributed by atoms with van der Waals surface area (Å²) in [5, 5.41) is 2.01. The molecular weight excluding hydrogens is 416 g/mol. The number of carbonyl (C=O) groups is 3. The van der Waals surface area contributed by atoms with Gasteiger partial charge in [-0.3, -0.25) is 9.59 Å². The largest absolute Gasteiger partial charge is 0.465 e. The summed E-state index contributed by atoms with van der Waals surface area (Å²) in [6.45, 7) is 1.76. The zero-order chi connectivity index (χ0) is 22.9. The minimum atomic E-state index is -0.370. The summed E-state index contributed by atoms with van der Waals surface area (Å²) in [5.74, 6) is -0.338. The lowest BCUT2D eigenvalue weighted by Gasteiger charge is -2.33. The van der Waals surface area contributed by atoms with Crippen molar-refractivity contribution in [2.24, 2.45) is 5.92 Å². The Kier molecular flexibility index (Phi) is 5.58. The summed E-state index contributed by atoms with van der Waals surface area (Å²) in [7, 11) is 1.36. The molecule has 3 aromatic carbocycles. The molecule has 33 heavy (non-hydrogen) atoms. The Morgan fingerprint density at radius 1 is 0.909 bits per heavy atom. The van der Waals surface area contributed by atoms with E-state index in [0.29, 0.717) is 43.6 Å². The van der Waals surface area contributed by atoms with Crippen molar-refractivity contribution in [2.75, 3.05) is 31.6 Å². The highest BCUT2D eigenvalue weighted by molar-refractivity contribution is 6.07. The molecule has 0 atom stereocenters. The second-order valence-corrected chi connectivity index (χ2v) is 8.67. The van der Waals surface area contributed by atoms with Crippen LogP contribution in [0.5, 0.6) is 0 Å². The van der Waals surface area contributed by atoms with Gasteiger partial charge in [-0.05, 0) is 59.9 Å². The molecule has 2 aliphatic heterocycles. The number of hydrogen-bond donors (Lipinski definition) is 0. The molecule has 0 bridgehead atoms. The van der Waals surface area contributed by atoms with Gasteiger partial charge in [-0.2, -0.15) is 0 Å². The Labute approximate surface area is 192 Å². The van der Waals surface area contributed by atoms with Gasteiger partial charge in [0.1, 0.15) is 0 Å². The van der Waals surface area contributed by atoms with Gasteiger partial charge >= 0.3 is 5.97 Å². The quantitative estimate of drug-likeness (QED) is 0.574. The Balaban J connectivity index is 1.26. The highest BCUT2D eigenvalue weighted by Gasteiger charge is 2.34. The molecule has 0 aromatic heterocycles. The number of piperidine rings is 1. The van der Waals surface area contributed by atoms with Crippen LogP contribution in [0.4, 0.5) is 5.69 Å². The lowest BCUT2D eigenvalue weighted by molar-refractivity contribution is -0.123. The number of anilines is 1. The van der Waals surface area contributed by atoms with Crippen LogP contribution in [0.1, 0.15) is 39.1 Å². The molecule has 0 N–H and O–H groups in total. The zero-order valence-electron chi connectivity index (χ0n) is 18.6. The molecular formula is C27H26N2O4. The van der Waals surface area contributed by atoms with Gasteiger partial charge in [0.15, 0.2) is 0 Å². The van der Waals surface area contributed by atoms with Crippen molar-refractivity contribution in [3.8, 4) is 0 Å². The van der Waals surface area contributed by atoms with Gasteiger partial charge in [-0.15, -0.1) is 0 Å². The maximum absolute atomic E-state index is 13.3. The fourth-order valence-corrected chi connectivity index (χ4v) is 5.01. The van der Waals surface area contributed by atoms with E-state index in [9.17, 15) is 14.4 Å². The van der Waals surface area contributed by atoms with Crippen LogP contribution in [0.15, 0.2) is 60.7 Å². The lowest BCUT2D eigenvalue weighted by Crippen LogP contribution is -2.44. The van der Waals surface area contributed by atoms with Crippen molar-refractivity contribution in [1.29, 1.82) is 0 Å². The molecule has 3 aromatic rings. The minimum absolute atomic E-state index is 0.0274. The van der Waals surface area contributed by atoms with Crippen LogP contribution in [0.25, 0.3) is 10.8 Å².